The minimum atomic E-state index is -3.43. The molecule has 0 radical (unpaired) electrons. The van der Waals surface area contributed by atoms with E-state index >= 15 is 8.78 Å². The molecule has 0 fully saturated rings. The Hall–Kier alpha value is -3.26. The summed E-state index contributed by atoms with van der Waals surface area (Å²) >= 11 is 1.28. The van der Waals surface area contributed by atoms with Gasteiger partial charge in [0.05, 0.1) is 21.5 Å². The summed E-state index contributed by atoms with van der Waals surface area (Å²) in [5, 5.41) is 4.57. The Bertz CT molecular complexity index is 1330. The highest BCUT2D eigenvalue weighted by Crippen LogP contribution is 2.39. The second kappa shape index (κ2) is 6.13. The molecule has 0 aliphatic heterocycles. The summed E-state index contributed by atoms with van der Waals surface area (Å²) < 4.78 is 39.9. The third-order valence-corrected chi connectivity index (χ3v) is 5.39. The van der Waals surface area contributed by atoms with Crippen LogP contribution < -0.4 is 0 Å². The molecule has 0 bridgehead atoms. The molecule has 0 atom stereocenters. The van der Waals surface area contributed by atoms with Crippen LogP contribution in [0.2, 0.25) is 0 Å². The maximum absolute atomic E-state index is 15.3. The number of benzene rings is 1. The van der Waals surface area contributed by atoms with Gasteiger partial charge in [-0.1, -0.05) is 29.4 Å². The molecular formula is C20H12F2N4OS. The monoisotopic (exact) mass is 394 g/mol. The van der Waals surface area contributed by atoms with Crippen molar-refractivity contribution < 1.29 is 13.3 Å². The summed E-state index contributed by atoms with van der Waals surface area (Å²) in [6.07, 6.45) is 1.57. The second-order valence-electron chi connectivity index (χ2n) is 6.40. The molecule has 5 nitrogen and oxygen atoms in total. The number of aromatic nitrogens is 4. The van der Waals surface area contributed by atoms with Crippen molar-refractivity contribution in [2.45, 2.75) is 12.8 Å². The van der Waals surface area contributed by atoms with Gasteiger partial charge >= 0.3 is 5.92 Å². The quantitative estimate of drug-likeness (QED) is 0.413. The highest BCUT2D eigenvalue weighted by molar-refractivity contribution is 7.09. The molecule has 0 amide bonds. The number of halogens is 2. The van der Waals surface area contributed by atoms with Crippen LogP contribution in [0.5, 0.6) is 0 Å². The lowest BCUT2D eigenvalue weighted by Gasteiger charge is -2.14. The Morgan fingerprint density at radius 2 is 1.93 bits per heavy atom. The number of alkyl halides is 2. The zero-order chi connectivity index (χ0) is 19.3. The van der Waals surface area contributed by atoms with Crippen LogP contribution in [-0.2, 0) is 5.92 Å². The fourth-order valence-electron chi connectivity index (χ4n) is 3.06. The standard InChI is InChI=1S/C20H12F2N4OS/c1-11-8-16(28-26-11)13-9-14-18(25-27-19(14)23-10-13)20(21,22)17-7-6-12-4-2-3-5-15(12)24-17/h2-10H,1H3. The van der Waals surface area contributed by atoms with Crippen LogP contribution in [0.25, 0.3) is 32.4 Å². The van der Waals surface area contributed by atoms with Gasteiger partial charge in [-0.3, -0.25) is 0 Å². The van der Waals surface area contributed by atoms with Gasteiger partial charge in [-0.15, -0.1) is 0 Å². The van der Waals surface area contributed by atoms with Crippen LogP contribution in [0, 0.1) is 6.92 Å². The molecule has 0 spiro atoms. The first-order chi connectivity index (χ1) is 13.5. The zero-order valence-corrected chi connectivity index (χ0v) is 15.4. The molecule has 5 aromatic rings. The van der Waals surface area contributed by atoms with Crippen molar-refractivity contribution in [3.05, 3.63) is 71.8 Å². The molecular weight excluding hydrogens is 382 g/mol. The van der Waals surface area contributed by atoms with Gasteiger partial charge in [0, 0.05) is 17.1 Å². The van der Waals surface area contributed by atoms with Crippen molar-refractivity contribution in [2.75, 3.05) is 0 Å². The molecule has 0 N–H and O–H groups in total. The summed E-state index contributed by atoms with van der Waals surface area (Å²) in [7, 11) is 0. The third-order valence-electron chi connectivity index (χ3n) is 4.46. The number of rotatable bonds is 3. The number of aryl methyl sites for hydroxylation is 1. The smallest absolute Gasteiger partial charge is 0.335 e. The van der Waals surface area contributed by atoms with Gasteiger partial charge in [0.1, 0.15) is 5.69 Å². The fourth-order valence-corrected chi connectivity index (χ4v) is 3.79. The maximum atomic E-state index is 15.3. The van der Waals surface area contributed by atoms with Crippen LogP contribution in [0.1, 0.15) is 17.1 Å². The minimum absolute atomic E-state index is 0.0560. The molecule has 5 rings (SSSR count). The van der Waals surface area contributed by atoms with Crippen LogP contribution in [0.3, 0.4) is 0 Å². The topological polar surface area (TPSA) is 64.7 Å². The summed E-state index contributed by atoms with van der Waals surface area (Å²) in [4.78, 5) is 9.11. The second-order valence-corrected chi connectivity index (χ2v) is 7.21. The number of hydrogen-bond donors (Lipinski definition) is 0. The van der Waals surface area contributed by atoms with E-state index in [4.69, 9.17) is 4.52 Å². The Labute approximate surface area is 161 Å². The lowest BCUT2D eigenvalue weighted by atomic mass is 10.1. The van der Waals surface area contributed by atoms with Crippen molar-refractivity contribution in [3.63, 3.8) is 0 Å². The van der Waals surface area contributed by atoms with Gasteiger partial charge in [0.15, 0.2) is 5.69 Å². The van der Waals surface area contributed by atoms with Crippen LogP contribution in [0.4, 0.5) is 8.78 Å². The van der Waals surface area contributed by atoms with Gasteiger partial charge < -0.3 is 4.52 Å². The van der Waals surface area contributed by atoms with Crippen LogP contribution in [0.15, 0.2) is 59.3 Å². The van der Waals surface area contributed by atoms with Gasteiger partial charge in [-0.25, -0.2) is 9.97 Å². The van der Waals surface area contributed by atoms with E-state index in [1.54, 1.807) is 30.5 Å². The molecule has 28 heavy (non-hydrogen) atoms. The molecule has 0 saturated heterocycles. The zero-order valence-electron chi connectivity index (χ0n) is 14.6. The van der Waals surface area contributed by atoms with Gasteiger partial charge in [-0.05, 0) is 42.7 Å². The number of para-hydroxylation sites is 1. The van der Waals surface area contributed by atoms with E-state index < -0.39 is 11.6 Å². The first-order valence-electron chi connectivity index (χ1n) is 8.46. The Morgan fingerprint density at radius 1 is 1.07 bits per heavy atom. The molecule has 0 aliphatic rings. The summed E-state index contributed by atoms with van der Waals surface area (Å²) in [5.41, 5.74) is 1.20. The number of nitrogens with zero attached hydrogens (tertiary/aromatic N) is 4. The summed E-state index contributed by atoms with van der Waals surface area (Å²) in [6.45, 7) is 1.87. The molecule has 138 valence electrons. The fraction of sp³-hybridized carbons (Fsp3) is 0.100. The molecule has 0 unspecified atom stereocenters. The predicted octanol–water partition coefficient (Wildman–Crippen LogP) is 5.34. The third kappa shape index (κ3) is 2.65. The average Bonchev–Trinajstić information content (AvgIpc) is 3.33. The number of pyridine rings is 2. The lowest BCUT2D eigenvalue weighted by Crippen LogP contribution is -2.18. The Kier molecular flexibility index (Phi) is 3.70. The molecule has 4 heterocycles. The normalized spacial score (nSPS) is 12.1. The van der Waals surface area contributed by atoms with E-state index in [1.165, 1.54) is 17.6 Å². The molecule has 4 aromatic heterocycles. The highest BCUT2D eigenvalue weighted by atomic mass is 32.1. The summed E-state index contributed by atoms with van der Waals surface area (Å²) in [6, 6.07) is 13.5. The van der Waals surface area contributed by atoms with E-state index in [9.17, 15) is 0 Å². The first-order valence-corrected chi connectivity index (χ1v) is 9.23. The van der Waals surface area contributed by atoms with Crippen LogP contribution in [-0.4, -0.2) is 19.5 Å². The molecule has 8 heteroatoms. The molecule has 0 aliphatic carbocycles. The lowest BCUT2D eigenvalue weighted by molar-refractivity contribution is 0.0317. The first kappa shape index (κ1) is 16.9. The van der Waals surface area contributed by atoms with Crippen LogP contribution >= 0.6 is 11.5 Å². The Balaban J connectivity index is 1.65. The van der Waals surface area contributed by atoms with E-state index in [0.717, 1.165) is 16.0 Å². The van der Waals surface area contributed by atoms with E-state index in [-0.39, 0.29) is 16.8 Å². The predicted molar refractivity (Wildman–Crippen MR) is 102 cm³/mol. The van der Waals surface area contributed by atoms with Gasteiger partial charge in [0.25, 0.3) is 5.71 Å². The largest absolute Gasteiger partial charge is 0.335 e. The van der Waals surface area contributed by atoms with E-state index in [1.807, 2.05) is 25.1 Å². The van der Waals surface area contributed by atoms with Gasteiger partial charge in [0.2, 0.25) is 0 Å². The van der Waals surface area contributed by atoms with Crippen molar-refractivity contribution in [3.8, 4) is 10.4 Å². The average molecular weight is 394 g/mol. The minimum Gasteiger partial charge on any atom is -0.335 e. The number of hydrogen-bond acceptors (Lipinski definition) is 6. The van der Waals surface area contributed by atoms with Crippen molar-refractivity contribution >= 4 is 33.5 Å². The highest BCUT2D eigenvalue weighted by Gasteiger charge is 2.41. The van der Waals surface area contributed by atoms with Crippen molar-refractivity contribution in [1.29, 1.82) is 0 Å². The maximum Gasteiger partial charge on any atom is 0.335 e. The van der Waals surface area contributed by atoms with E-state index in [2.05, 4.69) is 19.5 Å². The van der Waals surface area contributed by atoms with Gasteiger partial charge in [-0.2, -0.15) is 13.2 Å². The van der Waals surface area contributed by atoms with E-state index in [0.29, 0.717) is 11.1 Å². The molecule has 0 saturated carbocycles. The van der Waals surface area contributed by atoms with Crippen molar-refractivity contribution in [2.24, 2.45) is 0 Å². The SMILES string of the molecule is Cc1cc(-c2cnc3onc(C(F)(F)c4ccc5ccccc5n4)c3c2)sn1. The van der Waals surface area contributed by atoms with Crippen molar-refractivity contribution in [1.82, 2.24) is 19.5 Å². The summed E-state index contributed by atoms with van der Waals surface area (Å²) in [5.74, 6) is -3.43. The number of fused-ring (bicyclic) bond motifs is 2. The molecule has 1 aromatic carbocycles. The Morgan fingerprint density at radius 3 is 2.75 bits per heavy atom.